The van der Waals surface area contributed by atoms with E-state index >= 15 is 0 Å². The van der Waals surface area contributed by atoms with Gasteiger partial charge in [-0.15, -0.1) is 0 Å². The van der Waals surface area contributed by atoms with Crippen molar-refractivity contribution in [3.05, 3.63) is 83.9 Å². The largest absolute Gasteiger partial charge is 0.430 e. The Balaban J connectivity index is 2.68. The van der Waals surface area contributed by atoms with E-state index in [1.165, 1.54) is 0 Å². The van der Waals surface area contributed by atoms with Crippen LogP contribution in [0.25, 0.3) is 0 Å². The van der Waals surface area contributed by atoms with Gasteiger partial charge < -0.3 is 10.1 Å². The minimum atomic E-state index is -1.44. The molecular formula is C22H25NO3. The van der Waals surface area contributed by atoms with Crippen molar-refractivity contribution in [3.63, 3.8) is 0 Å². The van der Waals surface area contributed by atoms with E-state index in [-0.39, 0.29) is 5.91 Å². The molecule has 0 saturated heterocycles. The quantitative estimate of drug-likeness (QED) is 0.500. The summed E-state index contributed by atoms with van der Waals surface area (Å²) >= 11 is 0. The Morgan fingerprint density at radius 1 is 0.885 bits per heavy atom. The van der Waals surface area contributed by atoms with Crippen molar-refractivity contribution in [1.82, 2.24) is 5.32 Å². The zero-order valence-electron chi connectivity index (χ0n) is 15.7. The smallest absolute Gasteiger partial charge is 0.313 e. The number of amides is 1. The van der Waals surface area contributed by atoms with Crippen LogP contribution in [-0.2, 0) is 20.1 Å². The van der Waals surface area contributed by atoms with Crippen LogP contribution in [0, 0.1) is 5.41 Å². The molecule has 0 aliphatic rings. The minimum Gasteiger partial charge on any atom is -0.430 e. The van der Waals surface area contributed by atoms with Crippen LogP contribution in [0.5, 0.6) is 0 Å². The van der Waals surface area contributed by atoms with Gasteiger partial charge in [0.25, 0.3) is 0 Å². The first-order chi connectivity index (χ1) is 12.2. The molecule has 0 aliphatic heterocycles. The molecule has 0 unspecified atom stereocenters. The summed E-state index contributed by atoms with van der Waals surface area (Å²) in [6.45, 7) is 10.6. The van der Waals surface area contributed by atoms with Gasteiger partial charge in [0.05, 0.1) is 5.41 Å². The topological polar surface area (TPSA) is 55.4 Å². The average molecular weight is 351 g/mol. The maximum atomic E-state index is 12.8. The van der Waals surface area contributed by atoms with E-state index < -0.39 is 17.1 Å². The standard InChI is InChI=1S/C22H25NO3/c1-16(2)19(24)23-22(17-12-8-6-9-13-17,18-14-10-7-11-15-18)26-20(25)21(3,4)5/h6-15H,1H2,2-5H3,(H,23,24). The molecule has 2 aromatic carbocycles. The molecule has 0 radical (unpaired) electrons. The first-order valence-corrected chi connectivity index (χ1v) is 8.49. The van der Waals surface area contributed by atoms with Crippen molar-refractivity contribution in [2.45, 2.75) is 33.4 Å². The molecule has 1 amide bonds. The molecule has 136 valence electrons. The van der Waals surface area contributed by atoms with Gasteiger partial charge >= 0.3 is 5.97 Å². The maximum Gasteiger partial charge on any atom is 0.313 e. The molecule has 4 heteroatoms. The van der Waals surface area contributed by atoms with Crippen molar-refractivity contribution in [2.75, 3.05) is 0 Å². The van der Waals surface area contributed by atoms with Crippen molar-refractivity contribution in [2.24, 2.45) is 5.41 Å². The summed E-state index contributed by atoms with van der Waals surface area (Å²) in [6, 6.07) is 18.4. The molecule has 2 aromatic rings. The minimum absolute atomic E-state index is 0.327. The van der Waals surface area contributed by atoms with Crippen LogP contribution in [0.2, 0.25) is 0 Å². The second-order valence-electron chi connectivity index (χ2n) is 7.29. The lowest BCUT2D eigenvalue weighted by atomic mass is 9.91. The Labute approximate surface area is 154 Å². The monoisotopic (exact) mass is 351 g/mol. The third-order valence-corrected chi connectivity index (χ3v) is 3.90. The highest BCUT2D eigenvalue weighted by Gasteiger charge is 2.42. The van der Waals surface area contributed by atoms with Crippen LogP contribution in [0.3, 0.4) is 0 Å². The lowest BCUT2D eigenvalue weighted by molar-refractivity contribution is -0.171. The summed E-state index contributed by atoms with van der Waals surface area (Å²) in [6.07, 6.45) is 0. The second kappa shape index (κ2) is 7.56. The summed E-state index contributed by atoms with van der Waals surface area (Å²) in [5.41, 5.74) is -0.545. The van der Waals surface area contributed by atoms with Crippen LogP contribution in [0.15, 0.2) is 72.8 Å². The lowest BCUT2D eigenvalue weighted by Crippen LogP contribution is -2.51. The first kappa shape index (κ1) is 19.4. The number of carbonyl (C=O) groups is 2. The Hall–Kier alpha value is -2.88. The van der Waals surface area contributed by atoms with E-state index in [1.54, 1.807) is 27.7 Å². The average Bonchev–Trinajstić information content (AvgIpc) is 2.61. The van der Waals surface area contributed by atoms with Crippen molar-refractivity contribution in [3.8, 4) is 0 Å². The third-order valence-electron chi connectivity index (χ3n) is 3.90. The fourth-order valence-electron chi connectivity index (χ4n) is 2.36. The number of hydrogen-bond donors (Lipinski definition) is 1. The number of esters is 1. The van der Waals surface area contributed by atoms with E-state index in [9.17, 15) is 9.59 Å². The molecule has 0 bridgehead atoms. The fourth-order valence-corrected chi connectivity index (χ4v) is 2.36. The molecular weight excluding hydrogens is 326 g/mol. The normalized spacial score (nSPS) is 11.5. The summed E-state index contributed by atoms with van der Waals surface area (Å²) in [5.74, 6) is -0.813. The van der Waals surface area contributed by atoms with Gasteiger partial charge in [0.2, 0.25) is 11.6 Å². The van der Waals surface area contributed by atoms with Gasteiger partial charge in [0, 0.05) is 16.7 Å². The second-order valence-corrected chi connectivity index (χ2v) is 7.29. The zero-order chi connectivity index (χ0) is 19.4. The Morgan fingerprint density at radius 2 is 1.31 bits per heavy atom. The van der Waals surface area contributed by atoms with Crippen LogP contribution in [-0.4, -0.2) is 11.9 Å². The number of hydrogen-bond acceptors (Lipinski definition) is 3. The zero-order valence-corrected chi connectivity index (χ0v) is 15.7. The number of carbonyl (C=O) groups excluding carboxylic acids is 2. The molecule has 0 saturated carbocycles. The van der Waals surface area contributed by atoms with Crippen LogP contribution < -0.4 is 5.32 Å². The fraction of sp³-hybridized carbons (Fsp3) is 0.273. The third kappa shape index (κ3) is 4.20. The summed E-state index contributed by atoms with van der Waals surface area (Å²) in [5, 5.41) is 2.88. The summed E-state index contributed by atoms with van der Waals surface area (Å²) in [7, 11) is 0. The van der Waals surface area contributed by atoms with E-state index in [2.05, 4.69) is 11.9 Å². The maximum absolute atomic E-state index is 12.8. The molecule has 0 aliphatic carbocycles. The molecule has 1 N–H and O–H groups in total. The van der Waals surface area contributed by atoms with Gasteiger partial charge in [-0.05, 0) is 27.7 Å². The van der Waals surface area contributed by atoms with Crippen molar-refractivity contribution < 1.29 is 14.3 Å². The Bertz CT molecular complexity index is 750. The molecule has 4 nitrogen and oxygen atoms in total. The van der Waals surface area contributed by atoms with Gasteiger partial charge in [-0.25, -0.2) is 0 Å². The van der Waals surface area contributed by atoms with Gasteiger partial charge in [-0.3, -0.25) is 9.59 Å². The van der Waals surface area contributed by atoms with Crippen LogP contribution in [0.4, 0.5) is 0 Å². The predicted molar refractivity (Wildman–Crippen MR) is 102 cm³/mol. The molecule has 0 atom stereocenters. The first-order valence-electron chi connectivity index (χ1n) is 8.49. The van der Waals surface area contributed by atoms with E-state index in [4.69, 9.17) is 4.74 Å². The Kier molecular flexibility index (Phi) is 5.66. The van der Waals surface area contributed by atoms with Crippen LogP contribution >= 0.6 is 0 Å². The highest BCUT2D eigenvalue weighted by Crippen LogP contribution is 2.34. The lowest BCUT2D eigenvalue weighted by Gasteiger charge is -2.37. The van der Waals surface area contributed by atoms with Gasteiger partial charge in [-0.1, -0.05) is 67.2 Å². The SMILES string of the molecule is C=C(C)C(=O)NC(OC(=O)C(C)(C)C)(c1ccccc1)c1ccccc1. The molecule has 26 heavy (non-hydrogen) atoms. The molecule has 0 spiro atoms. The van der Waals surface area contributed by atoms with Crippen LogP contribution in [0.1, 0.15) is 38.8 Å². The summed E-state index contributed by atoms with van der Waals surface area (Å²) < 4.78 is 5.98. The van der Waals surface area contributed by atoms with Crippen molar-refractivity contribution in [1.29, 1.82) is 0 Å². The van der Waals surface area contributed by atoms with E-state index in [1.807, 2.05) is 60.7 Å². The number of rotatable bonds is 5. The van der Waals surface area contributed by atoms with Gasteiger partial charge in [-0.2, -0.15) is 0 Å². The van der Waals surface area contributed by atoms with E-state index in [0.717, 1.165) is 0 Å². The Morgan fingerprint density at radius 3 is 1.65 bits per heavy atom. The molecule has 0 fully saturated rings. The highest BCUT2D eigenvalue weighted by atomic mass is 16.6. The van der Waals surface area contributed by atoms with Gasteiger partial charge in [0.1, 0.15) is 0 Å². The number of nitrogens with one attached hydrogen (secondary N) is 1. The predicted octanol–water partition coefficient (Wildman–Crippen LogP) is 4.17. The van der Waals surface area contributed by atoms with E-state index in [0.29, 0.717) is 16.7 Å². The van der Waals surface area contributed by atoms with Crippen molar-refractivity contribution >= 4 is 11.9 Å². The number of ether oxygens (including phenoxy) is 1. The molecule has 0 heterocycles. The summed E-state index contributed by atoms with van der Waals surface area (Å²) in [4.78, 5) is 25.3. The molecule has 2 rings (SSSR count). The van der Waals surface area contributed by atoms with Gasteiger partial charge in [0.15, 0.2) is 0 Å². The number of benzene rings is 2. The highest BCUT2D eigenvalue weighted by molar-refractivity contribution is 5.93. The molecule has 0 aromatic heterocycles.